The number of carboxylic acid groups (broad SMARTS) is 1. The summed E-state index contributed by atoms with van der Waals surface area (Å²) >= 11 is 5.06. The number of hydrogen-bond donors (Lipinski definition) is 3. The zero-order chi connectivity index (χ0) is 27.4. The fourth-order valence-corrected chi connectivity index (χ4v) is 8.24. The van der Waals surface area contributed by atoms with Gasteiger partial charge in [0.15, 0.2) is 15.2 Å². The molecule has 2 aromatic rings. The molecule has 3 unspecified atom stereocenters. The number of carbonyl (C=O) groups is 4. The Kier molecular flexibility index (Phi) is 8.49. The molecule has 0 saturated carbocycles. The monoisotopic (exact) mass is 609 g/mol. The molecule has 2 aliphatic heterocycles. The third-order valence-electron chi connectivity index (χ3n) is 6.33. The predicted molar refractivity (Wildman–Crippen MR) is 147 cm³/mol. The molecule has 2 fully saturated rings. The van der Waals surface area contributed by atoms with Crippen molar-refractivity contribution in [2.24, 2.45) is 10.6 Å². The maximum absolute atomic E-state index is 13.3. The average molecular weight is 610 g/mol. The number of hydrogen-bond acceptors (Lipinski definition) is 13. The first-order chi connectivity index (χ1) is 18.9. The molecule has 1 aliphatic carbocycles. The lowest BCUT2D eigenvalue weighted by Crippen LogP contribution is -2.74. The lowest BCUT2D eigenvalue weighted by atomic mass is 9.89. The Morgan fingerprint density at radius 2 is 2.26 bits per heavy atom. The summed E-state index contributed by atoms with van der Waals surface area (Å²) in [7, 11) is 0. The van der Waals surface area contributed by atoms with Crippen LogP contribution >= 0.6 is 46.2 Å². The van der Waals surface area contributed by atoms with Crippen molar-refractivity contribution in [3.05, 3.63) is 28.7 Å². The number of allylic oxidation sites excluding steroid dienone is 1. The molecule has 17 heteroatoms. The third kappa shape index (κ3) is 5.95. The summed E-state index contributed by atoms with van der Waals surface area (Å²) in [5.41, 5.74) is 0.496. The molecule has 3 amide bonds. The molecule has 0 aromatic carbocycles. The van der Waals surface area contributed by atoms with Crippen LogP contribution in [0.2, 0.25) is 0 Å². The summed E-state index contributed by atoms with van der Waals surface area (Å²) in [6.07, 6.45) is 6.70. The Bertz CT molecular complexity index is 1300. The number of oxime groups is 1. The smallest absolute Gasteiger partial charge is 0.313 e. The van der Waals surface area contributed by atoms with Crippen molar-refractivity contribution in [1.29, 1.82) is 0 Å². The molecular weight excluding hydrogens is 587 g/mol. The number of fused-ring (bicyclic) bond motifs is 1. The lowest BCUT2D eigenvalue weighted by Gasteiger charge is -2.53. The van der Waals surface area contributed by atoms with Crippen LogP contribution in [0.3, 0.4) is 0 Å². The van der Waals surface area contributed by atoms with Gasteiger partial charge in [-0.25, -0.2) is 4.98 Å². The van der Waals surface area contributed by atoms with Crippen LogP contribution in [0.15, 0.2) is 32.5 Å². The van der Waals surface area contributed by atoms with Gasteiger partial charge in [-0.3, -0.25) is 19.2 Å². The van der Waals surface area contributed by atoms with Gasteiger partial charge < -0.3 is 25.5 Å². The Labute approximate surface area is 238 Å². The number of carboxylic acids is 1. The van der Waals surface area contributed by atoms with E-state index in [1.165, 1.54) is 39.8 Å². The van der Waals surface area contributed by atoms with E-state index in [2.05, 4.69) is 31.0 Å². The number of anilines is 1. The van der Waals surface area contributed by atoms with E-state index >= 15 is 0 Å². The van der Waals surface area contributed by atoms with Gasteiger partial charge in [-0.15, -0.1) is 33.3 Å². The summed E-state index contributed by atoms with van der Waals surface area (Å²) in [4.78, 5) is 60.7. The molecule has 4 atom stereocenters. The standard InChI is InChI=1S/C22H23N7O6S4/c30-10-23-20-25-13(6-36-20)14(28-35-12-4-2-1-3-5-12)16(31)26-15-17(32)29-7-22(19(33)34,8-37-18(15)29)9-38-21-27-24-11-39-21/h2,4,6,10-12,15,18H,1,3,5,7-9H2,(H,26,31)(H,33,34)(H,23,25,30)/t12?,15?,18-,22?/m1/s1. The number of thioether (sulfide) groups is 2. The number of amides is 3. The van der Waals surface area contributed by atoms with Crippen molar-refractivity contribution in [3.8, 4) is 0 Å². The summed E-state index contributed by atoms with van der Waals surface area (Å²) in [6, 6.07) is -0.851. The summed E-state index contributed by atoms with van der Waals surface area (Å²) in [6.45, 7) is 0.0297. The number of nitrogens with zero attached hydrogens (tertiary/aromatic N) is 5. The van der Waals surface area contributed by atoms with E-state index in [-0.39, 0.29) is 46.6 Å². The highest BCUT2D eigenvalue weighted by Gasteiger charge is 2.57. The van der Waals surface area contributed by atoms with Gasteiger partial charge >= 0.3 is 5.97 Å². The van der Waals surface area contributed by atoms with Crippen molar-refractivity contribution in [2.45, 2.75) is 41.1 Å². The lowest BCUT2D eigenvalue weighted by molar-refractivity contribution is -0.157. The molecule has 3 aliphatic rings. The van der Waals surface area contributed by atoms with Crippen LogP contribution in [0.4, 0.5) is 5.13 Å². The first kappa shape index (κ1) is 27.5. The highest BCUT2D eigenvalue weighted by Crippen LogP contribution is 2.44. The van der Waals surface area contributed by atoms with Crippen molar-refractivity contribution in [3.63, 3.8) is 0 Å². The number of rotatable bonds is 11. The number of thiazole rings is 1. The normalized spacial score (nSPS) is 26.4. The summed E-state index contributed by atoms with van der Waals surface area (Å²) < 4.78 is 0.661. The number of aliphatic carboxylic acids is 1. The van der Waals surface area contributed by atoms with Gasteiger partial charge in [-0.1, -0.05) is 34.3 Å². The van der Waals surface area contributed by atoms with E-state index in [0.717, 1.165) is 30.6 Å². The molecule has 2 saturated heterocycles. The van der Waals surface area contributed by atoms with Gasteiger partial charge in [0.2, 0.25) is 12.3 Å². The maximum atomic E-state index is 13.3. The van der Waals surface area contributed by atoms with Crippen LogP contribution in [0, 0.1) is 5.41 Å². The first-order valence-electron chi connectivity index (χ1n) is 11.8. The van der Waals surface area contributed by atoms with Crippen LogP contribution in [-0.2, 0) is 24.0 Å². The highest BCUT2D eigenvalue weighted by molar-refractivity contribution is 8.01. The molecule has 0 spiro atoms. The SMILES string of the molecule is O=CNc1nc(C(=NOC2C=CCCC2)C(=O)NC2C(=O)N3CC(CSc4nncs4)(C(=O)O)CS[C@H]23)cs1. The molecule has 2 aromatic heterocycles. The minimum absolute atomic E-state index is 0.0297. The van der Waals surface area contributed by atoms with Gasteiger partial charge in [0.1, 0.15) is 34.1 Å². The van der Waals surface area contributed by atoms with Crippen LogP contribution < -0.4 is 10.6 Å². The largest absolute Gasteiger partial charge is 0.481 e. The van der Waals surface area contributed by atoms with E-state index in [4.69, 9.17) is 4.84 Å². The second kappa shape index (κ2) is 12.0. The quantitative estimate of drug-likeness (QED) is 0.0843. The number of nitrogens with one attached hydrogen (secondary N) is 2. The van der Waals surface area contributed by atoms with Crippen LogP contribution in [0.25, 0.3) is 0 Å². The van der Waals surface area contributed by atoms with Gasteiger partial charge in [0, 0.05) is 23.4 Å². The number of aromatic nitrogens is 3. The van der Waals surface area contributed by atoms with Crippen molar-refractivity contribution >= 4 is 81.2 Å². The van der Waals surface area contributed by atoms with E-state index in [1.54, 1.807) is 10.9 Å². The van der Waals surface area contributed by atoms with E-state index < -0.39 is 28.7 Å². The van der Waals surface area contributed by atoms with Crippen molar-refractivity contribution < 1.29 is 29.1 Å². The van der Waals surface area contributed by atoms with Gasteiger partial charge in [-0.2, -0.15) is 0 Å². The minimum Gasteiger partial charge on any atom is -0.481 e. The molecule has 13 nitrogen and oxygen atoms in total. The molecule has 4 heterocycles. The fraction of sp³-hybridized carbons (Fsp3) is 0.455. The Balaban J connectivity index is 1.27. The first-order valence-corrected chi connectivity index (χ1v) is 15.6. The molecule has 206 valence electrons. The zero-order valence-electron chi connectivity index (χ0n) is 20.2. The van der Waals surface area contributed by atoms with Crippen LogP contribution in [0.1, 0.15) is 25.0 Å². The predicted octanol–water partition coefficient (Wildman–Crippen LogP) is 1.66. The second-order valence-corrected chi connectivity index (χ2v) is 13.0. The second-order valence-electron chi connectivity index (χ2n) is 8.94. The third-order valence-corrected chi connectivity index (χ3v) is 10.8. The molecule has 0 bridgehead atoms. The van der Waals surface area contributed by atoms with Gasteiger partial charge in [-0.05, 0) is 25.3 Å². The van der Waals surface area contributed by atoms with E-state index in [9.17, 15) is 24.3 Å². The van der Waals surface area contributed by atoms with Crippen LogP contribution in [-0.4, -0.2) is 90.7 Å². The Hall–Kier alpha value is -3.02. The molecule has 39 heavy (non-hydrogen) atoms. The van der Waals surface area contributed by atoms with Gasteiger partial charge in [0.05, 0.1) is 0 Å². The average Bonchev–Trinajstić information content (AvgIpc) is 3.64. The Morgan fingerprint density at radius 1 is 1.38 bits per heavy atom. The summed E-state index contributed by atoms with van der Waals surface area (Å²) in [5.74, 6) is -1.51. The van der Waals surface area contributed by atoms with E-state index in [0.29, 0.717) is 10.7 Å². The maximum Gasteiger partial charge on any atom is 0.313 e. The van der Waals surface area contributed by atoms with Crippen molar-refractivity contribution in [2.75, 3.05) is 23.4 Å². The number of carbonyl (C=O) groups excluding carboxylic acids is 3. The fourth-order valence-electron chi connectivity index (χ4n) is 4.23. The Morgan fingerprint density at radius 3 is 2.97 bits per heavy atom. The molecule has 0 radical (unpaired) electrons. The highest BCUT2D eigenvalue weighted by atomic mass is 32.2. The van der Waals surface area contributed by atoms with E-state index in [1.807, 2.05) is 12.2 Å². The minimum atomic E-state index is -1.15. The van der Waals surface area contributed by atoms with Crippen molar-refractivity contribution in [1.82, 2.24) is 25.4 Å². The molecule has 5 rings (SSSR count). The topological polar surface area (TPSA) is 176 Å². The summed E-state index contributed by atoms with van der Waals surface area (Å²) in [5, 5.41) is 28.4. The molecular formula is C22H23N7O6S4. The number of β-lactam (4-membered cyclic amide) rings is 1. The van der Waals surface area contributed by atoms with Gasteiger partial charge in [0.25, 0.3) is 5.91 Å². The molecule has 3 N–H and O–H groups in total. The van der Waals surface area contributed by atoms with Crippen LogP contribution in [0.5, 0.6) is 0 Å². The zero-order valence-corrected chi connectivity index (χ0v) is 23.5.